The van der Waals surface area contributed by atoms with Crippen molar-refractivity contribution in [1.82, 2.24) is 14.8 Å². The highest BCUT2D eigenvalue weighted by Gasteiger charge is 2.25. The first-order valence-electron chi connectivity index (χ1n) is 9.12. The van der Waals surface area contributed by atoms with Crippen molar-refractivity contribution < 1.29 is 9.90 Å². The molecular weight excluding hydrogens is 304 g/mol. The zero-order valence-corrected chi connectivity index (χ0v) is 14.4. The van der Waals surface area contributed by atoms with Crippen LogP contribution in [0.2, 0.25) is 0 Å². The number of nitrogens with zero attached hydrogens (tertiary/aromatic N) is 4. The molecule has 1 N–H and O–H groups in total. The summed E-state index contributed by atoms with van der Waals surface area (Å²) in [6.07, 6.45) is 6.66. The molecule has 0 saturated carbocycles. The fraction of sp³-hybridized carbons (Fsp3) is 0.667. The van der Waals surface area contributed by atoms with Crippen LogP contribution in [-0.2, 0) is 0 Å². The number of amides is 1. The van der Waals surface area contributed by atoms with Crippen LogP contribution < -0.4 is 4.90 Å². The molecule has 6 heteroatoms. The van der Waals surface area contributed by atoms with E-state index in [9.17, 15) is 4.79 Å². The standard InChI is InChI=1S/C18H28N4O2/c23-15-14-20-10-12-22(13-11-20)18(24)16-6-5-7-19-17(16)21-8-3-1-2-4-9-21/h5-7,23H,1-4,8-15H2. The van der Waals surface area contributed by atoms with Crippen LogP contribution >= 0.6 is 0 Å². The second kappa shape index (κ2) is 8.44. The van der Waals surface area contributed by atoms with Crippen molar-refractivity contribution in [2.75, 3.05) is 57.3 Å². The van der Waals surface area contributed by atoms with E-state index >= 15 is 0 Å². The van der Waals surface area contributed by atoms with Crippen molar-refractivity contribution in [2.45, 2.75) is 25.7 Å². The van der Waals surface area contributed by atoms with Crippen molar-refractivity contribution in [1.29, 1.82) is 0 Å². The molecule has 0 aromatic carbocycles. The third-order valence-corrected chi connectivity index (χ3v) is 5.00. The molecule has 2 aliphatic heterocycles. The lowest BCUT2D eigenvalue weighted by Gasteiger charge is -2.35. The summed E-state index contributed by atoms with van der Waals surface area (Å²) in [6, 6.07) is 3.77. The van der Waals surface area contributed by atoms with Gasteiger partial charge in [0.2, 0.25) is 0 Å². The number of carbonyl (C=O) groups excluding carboxylic acids is 1. The number of carbonyl (C=O) groups is 1. The molecule has 1 aromatic heterocycles. The molecule has 2 fully saturated rings. The first kappa shape index (κ1) is 17.2. The summed E-state index contributed by atoms with van der Waals surface area (Å²) in [5.74, 6) is 0.938. The van der Waals surface area contributed by atoms with Crippen LogP contribution in [0.5, 0.6) is 0 Å². The molecular formula is C18H28N4O2. The largest absolute Gasteiger partial charge is 0.395 e. The Balaban J connectivity index is 1.71. The van der Waals surface area contributed by atoms with Gasteiger partial charge in [-0.2, -0.15) is 0 Å². The lowest BCUT2D eigenvalue weighted by molar-refractivity contribution is 0.0615. The number of anilines is 1. The summed E-state index contributed by atoms with van der Waals surface area (Å²) in [5.41, 5.74) is 0.731. The predicted octanol–water partition coefficient (Wildman–Crippen LogP) is 1.21. The molecule has 2 aliphatic rings. The van der Waals surface area contributed by atoms with Gasteiger partial charge >= 0.3 is 0 Å². The Morgan fingerprint density at radius 2 is 1.75 bits per heavy atom. The molecule has 0 bridgehead atoms. The van der Waals surface area contributed by atoms with E-state index in [0.717, 1.165) is 37.6 Å². The molecule has 0 aliphatic carbocycles. The van der Waals surface area contributed by atoms with Gasteiger partial charge in [-0.3, -0.25) is 9.69 Å². The maximum Gasteiger partial charge on any atom is 0.257 e. The first-order chi connectivity index (χ1) is 11.8. The molecule has 1 aromatic rings. The van der Waals surface area contributed by atoms with Crippen LogP contribution in [0.25, 0.3) is 0 Å². The van der Waals surface area contributed by atoms with Gasteiger partial charge in [-0.05, 0) is 25.0 Å². The maximum absolute atomic E-state index is 13.0. The smallest absolute Gasteiger partial charge is 0.257 e. The summed E-state index contributed by atoms with van der Waals surface area (Å²) in [4.78, 5) is 23.9. The van der Waals surface area contributed by atoms with Gasteiger partial charge in [0.1, 0.15) is 5.82 Å². The zero-order chi connectivity index (χ0) is 16.8. The SMILES string of the molecule is O=C(c1cccnc1N1CCCCCC1)N1CCN(CCO)CC1. The van der Waals surface area contributed by atoms with Crippen LogP contribution in [0.3, 0.4) is 0 Å². The number of rotatable bonds is 4. The van der Waals surface area contributed by atoms with Crippen LogP contribution in [0.4, 0.5) is 5.82 Å². The first-order valence-corrected chi connectivity index (χ1v) is 9.12. The molecule has 3 rings (SSSR count). The molecule has 1 amide bonds. The number of aliphatic hydroxyl groups is 1. The Morgan fingerprint density at radius 3 is 2.42 bits per heavy atom. The molecule has 0 radical (unpaired) electrons. The summed E-state index contributed by atoms with van der Waals surface area (Å²) >= 11 is 0. The summed E-state index contributed by atoms with van der Waals surface area (Å²) < 4.78 is 0. The third-order valence-electron chi connectivity index (χ3n) is 5.00. The van der Waals surface area contributed by atoms with Crippen molar-refractivity contribution in [3.8, 4) is 0 Å². The number of hydrogen-bond acceptors (Lipinski definition) is 5. The predicted molar refractivity (Wildman–Crippen MR) is 94.3 cm³/mol. The molecule has 0 atom stereocenters. The van der Waals surface area contributed by atoms with Gasteiger partial charge in [-0.1, -0.05) is 12.8 Å². The molecule has 0 unspecified atom stereocenters. The van der Waals surface area contributed by atoms with E-state index in [-0.39, 0.29) is 12.5 Å². The van der Waals surface area contributed by atoms with Crippen molar-refractivity contribution in [3.63, 3.8) is 0 Å². The highest BCUT2D eigenvalue weighted by molar-refractivity contribution is 5.99. The lowest BCUT2D eigenvalue weighted by Crippen LogP contribution is -2.49. The van der Waals surface area contributed by atoms with Crippen molar-refractivity contribution in [3.05, 3.63) is 23.9 Å². The minimum Gasteiger partial charge on any atom is -0.395 e. The number of hydrogen-bond donors (Lipinski definition) is 1. The lowest BCUT2D eigenvalue weighted by atomic mass is 10.2. The molecule has 3 heterocycles. The van der Waals surface area contributed by atoms with Gasteiger partial charge in [0.25, 0.3) is 5.91 Å². The number of pyridine rings is 1. The summed E-state index contributed by atoms with van der Waals surface area (Å²) in [5, 5.41) is 9.04. The Hall–Kier alpha value is -1.66. The van der Waals surface area contributed by atoms with E-state index in [2.05, 4.69) is 14.8 Å². The third kappa shape index (κ3) is 4.05. The molecule has 0 spiro atoms. The number of aromatic nitrogens is 1. The number of aliphatic hydroxyl groups excluding tert-OH is 1. The number of piperazine rings is 1. The van der Waals surface area contributed by atoms with Crippen LogP contribution in [0.1, 0.15) is 36.0 Å². The quantitative estimate of drug-likeness (QED) is 0.898. The van der Waals surface area contributed by atoms with Crippen LogP contribution in [-0.4, -0.2) is 78.2 Å². The summed E-state index contributed by atoms with van der Waals surface area (Å²) in [6.45, 7) is 5.92. The Labute approximate surface area is 144 Å². The normalized spacial score (nSPS) is 20.0. The average molecular weight is 332 g/mol. The zero-order valence-electron chi connectivity index (χ0n) is 14.4. The Kier molecular flexibility index (Phi) is 6.04. The van der Waals surface area contributed by atoms with Gasteiger partial charge in [-0.15, -0.1) is 0 Å². The minimum absolute atomic E-state index is 0.0889. The van der Waals surface area contributed by atoms with E-state index in [1.807, 2.05) is 17.0 Å². The second-order valence-electron chi connectivity index (χ2n) is 6.63. The minimum atomic E-state index is 0.0889. The fourth-order valence-electron chi connectivity index (χ4n) is 3.58. The number of β-amino-alcohol motifs (C(OH)–C–C–N with tert-alkyl or cyclic N) is 1. The van der Waals surface area contributed by atoms with Crippen LogP contribution in [0, 0.1) is 0 Å². The molecule has 24 heavy (non-hydrogen) atoms. The summed E-state index contributed by atoms with van der Waals surface area (Å²) in [7, 11) is 0. The highest BCUT2D eigenvalue weighted by atomic mass is 16.3. The molecule has 132 valence electrons. The average Bonchev–Trinajstić information content (AvgIpc) is 2.91. The second-order valence-corrected chi connectivity index (χ2v) is 6.63. The van der Waals surface area contributed by atoms with Gasteiger partial charge in [0.15, 0.2) is 0 Å². The highest BCUT2D eigenvalue weighted by Crippen LogP contribution is 2.23. The van der Waals surface area contributed by atoms with Crippen LogP contribution in [0.15, 0.2) is 18.3 Å². The van der Waals surface area contributed by atoms with E-state index in [1.54, 1.807) is 6.20 Å². The Bertz CT molecular complexity index is 536. The van der Waals surface area contributed by atoms with Gasteiger partial charge in [0, 0.05) is 52.0 Å². The maximum atomic E-state index is 13.0. The van der Waals surface area contributed by atoms with E-state index in [4.69, 9.17) is 5.11 Å². The van der Waals surface area contributed by atoms with E-state index < -0.39 is 0 Å². The molecule has 2 saturated heterocycles. The van der Waals surface area contributed by atoms with Gasteiger partial charge < -0.3 is 14.9 Å². The van der Waals surface area contributed by atoms with Gasteiger partial charge in [-0.25, -0.2) is 4.98 Å². The van der Waals surface area contributed by atoms with Crippen molar-refractivity contribution >= 4 is 11.7 Å². The van der Waals surface area contributed by atoms with Crippen molar-refractivity contribution in [2.24, 2.45) is 0 Å². The van der Waals surface area contributed by atoms with E-state index in [1.165, 1.54) is 25.7 Å². The molecule has 6 nitrogen and oxygen atoms in total. The fourth-order valence-corrected chi connectivity index (χ4v) is 3.58. The monoisotopic (exact) mass is 332 g/mol. The van der Waals surface area contributed by atoms with E-state index in [0.29, 0.717) is 19.6 Å². The van der Waals surface area contributed by atoms with Gasteiger partial charge in [0.05, 0.1) is 12.2 Å². The Morgan fingerprint density at radius 1 is 1.04 bits per heavy atom. The topological polar surface area (TPSA) is 59.9 Å².